The molecule has 2 aromatic rings. The van der Waals surface area contributed by atoms with Gasteiger partial charge in [0.25, 0.3) is 0 Å². The minimum atomic E-state index is -2.17. The van der Waals surface area contributed by atoms with Crippen molar-refractivity contribution < 1.29 is 9.90 Å². The molecule has 4 rings (SSSR count). The van der Waals surface area contributed by atoms with E-state index >= 15 is 0 Å². The Kier molecular flexibility index (Phi) is 4.03. The summed E-state index contributed by atoms with van der Waals surface area (Å²) in [7, 11) is -2.17. The number of ketones is 1. The average molecular weight is 412 g/mol. The van der Waals surface area contributed by atoms with E-state index in [4.69, 9.17) is 4.99 Å². The summed E-state index contributed by atoms with van der Waals surface area (Å²) < 4.78 is 1.20. The Labute approximate surface area is 154 Å². The summed E-state index contributed by atoms with van der Waals surface area (Å²) in [5.41, 5.74) is 2.86. The molecule has 0 saturated carbocycles. The van der Waals surface area contributed by atoms with E-state index in [9.17, 15) is 9.90 Å². The summed E-state index contributed by atoms with van der Waals surface area (Å²) in [6.45, 7) is 4.51. The molecule has 0 amide bonds. The Bertz CT molecular complexity index is 956. The maximum absolute atomic E-state index is 12.1. The third-order valence-corrected chi connectivity index (χ3v) is 11.6. The summed E-state index contributed by atoms with van der Waals surface area (Å²) in [6, 6.07) is 8.90. The molecule has 2 heterocycles. The molecule has 3 nitrogen and oxygen atoms in total. The first-order valence-electron chi connectivity index (χ1n) is 8.48. The van der Waals surface area contributed by atoms with Crippen molar-refractivity contribution in [2.45, 2.75) is 25.9 Å². The Morgan fingerprint density at radius 3 is 2.80 bits per heavy atom. The van der Waals surface area contributed by atoms with Gasteiger partial charge < -0.3 is 0 Å². The molecule has 0 bridgehead atoms. The number of carbonyl (C=O) groups excluding carboxylic acids is 1. The molecule has 0 radical (unpaired) electrons. The van der Waals surface area contributed by atoms with Crippen molar-refractivity contribution in [1.82, 2.24) is 0 Å². The van der Waals surface area contributed by atoms with Crippen molar-refractivity contribution in [3.8, 4) is 15.8 Å². The number of phenols is 1. The number of allylic oxidation sites excluding steroid dienone is 4. The number of hydrogen-bond acceptors (Lipinski definition) is 3. The monoisotopic (exact) mass is 413 g/mol. The zero-order valence-corrected chi connectivity index (χ0v) is 17.0. The quantitative estimate of drug-likeness (QED) is 0.620. The van der Waals surface area contributed by atoms with Gasteiger partial charge in [-0.05, 0) is 0 Å². The summed E-state index contributed by atoms with van der Waals surface area (Å²) in [5.74, 6) is 0.377. The van der Waals surface area contributed by atoms with Gasteiger partial charge in [0.15, 0.2) is 0 Å². The van der Waals surface area contributed by atoms with Crippen LogP contribution in [0.1, 0.15) is 13.3 Å². The molecule has 0 saturated heterocycles. The Morgan fingerprint density at radius 1 is 1.24 bits per heavy atom. The van der Waals surface area contributed by atoms with Gasteiger partial charge >= 0.3 is 154 Å². The van der Waals surface area contributed by atoms with Crippen LogP contribution in [0.3, 0.4) is 0 Å². The van der Waals surface area contributed by atoms with Crippen LogP contribution in [-0.2, 0) is 4.79 Å². The number of hydrogen-bond donors (Lipinski definition) is 1. The molecule has 0 fully saturated rings. The summed E-state index contributed by atoms with van der Waals surface area (Å²) in [6.07, 6.45) is 6.28. The molecule has 5 heteroatoms. The van der Waals surface area contributed by atoms with Gasteiger partial charge in [-0.2, -0.15) is 0 Å². The zero-order chi connectivity index (χ0) is 17.6. The molecule has 1 aliphatic heterocycles. The summed E-state index contributed by atoms with van der Waals surface area (Å²) in [5, 5.41) is 13.0. The van der Waals surface area contributed by atoms with Gasteiger partial charge in [0, 0.05) is 0 Å². The number of aromatic hydroxyl groups is 1. The van der Waals surface area contributed by atoms with Crippen molar-refractivity contribution in [1.29, 1.82) is 0 Å². The van der Waals surface area contributed by atoms with E-state index in [1.807, 2.05) is 12.1 Å². The van der Waals surface area contributed by atoms with Crippen LogP contribution in [0.4, 0.5) is 5.69 Å². The van der Waals surface area contributed by atoms with Gasteiger partial charge in [0.2, 0.25) is 0 Å². The SMILES string of the molecule is CCC[Si]1(C)C2=CC(=O)C=CC2=Nc2ccc(O)c(-c3ccc[se]3)c21. The number of phenolic OH excluding ortho intramolecular Hbond substituents is 1. The van der Waals surface area contributed by atoms with Crippen molar-refractivity contribution in [2.24, 2.45) is 4.99 Å². The molecular formula is C20H19NO2SeSi. The Hall–Kier alpha value is -1.94. The van der Waals surface area contributed by atoms with Crippen molar-refractivity contribution >= 4 is 44.9 Å². The number of fused-ring (bicyclic) bond motifs is 2. The first-order valence-corrected chi connectivity index (χ1v) is 13.0. The van der Waals surface area contributed by atoms with Crippen LogP contribution >= 0.6 is 0 Å². The van der Waals surface area contributed by atoms with Crippen LogP contribution in [0, 0.1) is 0 Å². The van der Waals surface area contributed by atoms with Gasteiger partial charge in [-0.25, -0.2) is 0 Å². The van der Waals surface area contributed by atoms with Gasteiger partial charge in [0.05, 0.1) is 0 Å². The van der Waals surface area contributed by atoms with Crippen molar-refractivity contribution in [3.05, 3.63) is 52.6 Å². The topological polar surface area (TPSA) is 49.7 Å². The predicted molar refractivity (Wildman–Crippen MR) is 106 cm³/mol. The molecule has 1 aliphatic carbocycles. The normalized spacial score (nSPS) is 21.4. The van der Waals surface area contributed by atoms with Crippen LogP contribution in [0.15, 0.2) is 57.6 Å². The number of rotatable bonds is 3. The number of benzene rings is 1. The Morgan fingerprint density at radius 2 is 2.08 bits per heavy atom. The first kappa shape index (κ1) is 16.5. The van der Waals surface area contributed by atoms with Crippen LogP contribution in [-0.4, -0.2) is 39.2 Å². The van der Waals surface area contributed by atoms with Crippen LogP contribution < -0.4 is 5.19 Å². The third-order valence-electron chi connectivity index (χ3n) is 5.03. The first-order chi connectivity index (χ1) is 12.0. The van der Waals surface area contributed by atoms with Gasteiger partial charge in [-0.3, -0.25) is 0 Å². The van der Waals surface area contributed by atoms with E-state index in [2.05, 4.69) is 30.5 Å². The predicted octanol–water partition coefficient (Wildman–Crippen LogP) is 3.50. The third kappa shape index (κ3) is 2.54. The summed E-state index contributed by atoms with van der Waals surface area (Å²) >= 11 is 0.231. The van der Waals surface area contributed by atoms with Gasteiger partial charge in [-0.1, -0.05) is 0 Å². The molecular weight excluding hydrogens is 393 g/mol. The average Bonchev–Trinajstić information content (AvgIpc) is 3.11. The van der Waals surface area contributed by atoms with Crippen molar-refractivity contribution in [2.75, 3.05) is 0 Å². The molecule has 1 atom stereocenters. The number of nitrogens with zero attached hydrogens (tertiary/aromatic N) is 1. The summed E-state index contributed by atoms with van der Waals surface area (Å²) in [4.78, 5) is 19.1. The second-order valence-corrected chi connectivity index (χ2v) is 12.9. The van der Waals surface area contributed by atoms with Gasteiger partial charge in [0.1, 0.15) is 0 Å². The molecule has 1 N–H and O–H groups in total. The molecule has 1 aromatic heterocycles. The maximum atomic E-state index is 12.1. The molecule has 0 spiro atoms. The second kappa shape index (κ2) is 6.09. The molecule has 1 aromatic carbocycles. The van der Waals surface area contributed by atoms with E-state index in [0.717, 1.165) is 34.6 Å². The van der Waals surface area contributed by atoms with E-state index in [-0.39, 0.29) is 20.3 Å². The van der Waals surface area contributed by atoms with Crippen molar-refractivity contribution in [3.63, 3.8) is 0 Å². The standard InChI is InChI=1S/C20H19NO2SeSi/c1-3-11-25(2)18-12-13(22)6-7-14(18)21-15-8-9-16(23)19(20(15)25)17-5-4-10-24-17/h4-10,12,23H,3,11H2,1-2H3. The van der Waals surface area contributed by atoms with E-state index in [1.54, 1.807) is 18.2 Å². The molecule has 25 heavy (non-hydrogen) atoms. The van der Waals surface area contributed by atoms with E-state index < -0.39 is 8.07 Å². The van der Waals surface area contributed by atoms with Crippen LogP contribution in [0.2, 0.25) is 12.6 Å². The minimum absolute atomic E-state index is 0.0416. The van der Waals surface area contributed by atoms with Gasteiger partial charge in [-0.15, -0.1) is 0 Å². The molecule has 2 aliphatic rings. The van der Waals surface area contributed by atoms with E-state index in [0.29, 0.717) is 5.75 Å². The fourth-order valence-electron chi connectivity index (χ4n) is 3.98. The zero-order valence-electron chi connectivity index (χ0n) is 14.2. The number of carbonyl (C=O) groups is 1. The fraction of sp³-hybridized carbons (Fsp3) is 0.200. The molecule has 1 unspecified atom stereocenters. The number of aliphatic imine (C=N–C) groups is 1. The second-order valence-electron chi connectivity index (χ2n) is 6.70. The molecule has 126 valence electrons. The van der Waals surface area contributed by atoms with Crippen LogP contribution in [0.25, 0.3) is 10.0 Å². The van der Waals surface area contributed by atoms with E-state index in [1.165, 1.54) is 9.62 Å². The fourth-order valence-corrected chi connectivity index (χ4v) is 10.3. The van der Waals surface area contributed by atoms with Crippen LogP contribution in [0.5, 0.6) is 5.75 Å². The Balaban J connectivity index is 2.08.